The zero-order valence-corrected chi connectivity index (χ0v) is 15.5. The quantitative estimate of drug-likeness (QED) is 0.563. The molecule has 0 aliphatic rings. The summed E-state index contributed by atoms with van der Waals surface area (Å²) >= 11 is 11.6. The average Bonchev–Trinajstić information content (AvgIpc) is 3.12. The van der Waals surface area contributed by atoms with Gasteiger partial charge in [-0.2, -0.15) is 0 Å². The van der Waals surface area contributed by atoms with Gasteiger partial charge < -0.3 is 9.72 Å². The Morgan fingerprint density at radius 1 is 0.889 bits per heavy atom. The first kappa shape index (κ1) is 18.8. The number of halogens is 2. The van der Waals surface area contributed by atoms with Gasteiger partial charge in [-0.15, -0.1) is 0 Å². The number of rotatable bonds is 5. The van der Waals surface area contributed by atoms with Crippen molar-refractivity contribution in [3.8, 4) is 5.75 Å². The number of hydrazine groups is 1. The van der Waals surface area contributed by atoms with Crippen molar-refractivity contribution in [3.05, 3.63) is 87.7 Å². The third-order valence-electron chi connectivity index (χ3n) is 3.62. The van der Waals surface area contributed by atoms with Gasteiger partial charge >= 0.3 is 0 Å². The summed E-state index contributed by atoms with van der Waals surface area (Å²) < 4.78 is 5.65. The fourth-order valence-electron chi connectivity index (χ4n) is 2.20. The summed E-state index contributed by atoms with van der Waals surface area (Å²) in [6, 6.07) is 15.4. The number of carbonyl (C=O) groups is 2. The van der Waals surface area contributed by atoms with E-state index in [0.29, 0.717) is 28.0 Å². The third-order valence-corrected chi connectivity index (χ3v) is 4.09. The lowest BCUT2D eigenvalue weighted by Crippen LogP contribution is -2.41. The normalized spacial score (nSPS) is 10.3. The van der Waals surface area contributed by atoms with Crippen molar-refractivity contribution in [2.75, 3.05) is 0 Å². The maximum Gasteiger partial charge on any atom is 0.286 e. The fourth-order valence-corrected chi connectivity index (χ4v) is 2.49. The predicted octanol–water partition coefficient (Wildman–Crippen LogP) is 3.98. The molecule has 27 heavy (non-hydrogen) atoms. The highest BCUT2D eigenvalue weighted by Gasteiger charge is 2.10. The van der Waals surface area contributed by atoms with Gasteiger partial charge in [0.05, 0.1) is 5.02 Å². The second kappa shape index (κ2) is 8.62. The Hall–Kier alpha value is -2.96. The maximum atomic E-state index is 12.1. The number of nitrogens with one attached hydrogen (secondary N) is 3. The average molecular weight is 404 g/mol. The second-order valence-corrected chi connectivity index (χ2v) is 6.45. The number of amides is 2. The van der Waals surface area contributed by atoms with Crippen LogP contribution in [-0.2, 0) is 6.61 Å². The van der Waals surface area contributed by atoms with Gasteiger partial charge in [0.2, 0.25) is 0 Å². The third kappa shape index (κ3) is 5.26. The van der Waals surface area contributed by atoms with Crippen LogP contribution in [0.15, 0.2) is 60.8 Å². The van der Waals surface area contributed by atoms with E-state index in [1.165, 1.54) is 12.3 Å². The first-order valence-corrected chi connectivity index (χ1v) is 8.69. The number of benzene rings is 2. The number of H-pyrrole nitrogens is 1. The summed E-state index contributed by atoms with van der Waals surface area (Å²) in [6.45, 7) is 0.355. The molecule has 0 aliphatic heterocycles. The van der Waals surface area contributed by atoms with E-state index in [4.69, 9.17) is 27.9 Å². The minimum Gasteiger partial charge on any atom is -0.489 e. The molecule has 6 nitrogen and oxygen atoms in total. The van der Waals surface area contributed by atoms with Gasteiger partial charge in [0, 0.05) is 16.8 Å². The standard InChI is InChI=1S/C19H15Cl2N3O3/c20-14-5-7-16(8-6-14)27-11-12-1-3-13(4-2-12)18(25)23-24-19(26)17-9-15(21)10-22-17/h1-10,22H,11H2,(H,23,25)(H,24,26). The highest BCUT2D eigenvalue weighted by atomic mass is 35.5. The number of hydrogen-bond donors (Lipinski definition) is 3. The molecule has 0 aliphatic carbocycles. The SMILES string of the molecule is O=C(NNC(=O)c1cc(Cl)c[nH]1)c1ccc(COc2ccc(Cl)cc2)cc1. The van der Waals surface area contributed by atoms with Crippen molar-refractivity contribution in [2.24, 2.45) is 0 Å². The summed E-state index contributed by atoms with van der Waals surface area (Å²) in [5, 5.41) is 1.05. The lowest BCUT2D eigenvalue weighted by Gasteiger charge is -2.08. The van der Waals surface area contributed by atoms with E-state index in [2.05, 4.69) is 15.8 Å². The van der Waals surface area contributed by atoms with Crippen LogP contribution >= 0.6 is 23.2 Å². The van der Waals surface area contributed by atoms with E-state index in [9.17, 15) is 9.59 Å². The number of ether oxygens (including phenoxy) is 1. The van der Waals surface area contributed by atoms with Gasteiger partial charge in [-0.3, -0.25) is 20.4 Å². The molecule has 0 atom stereocenters. The Morgan fingerprint density at radius 2 is 1.56 bits per heavy atom. The van der Waals surface area contributed by atoms with E-state index in [1.54, 1.807) is 48.5 Å². The molecule has 0 saturated heterocycles. The van der Waals surface area contributed by atoms with Crippen molar-refractivity contribution in [1.29, 1.82) is 0 Å². The first-order valence-electron chi connectivity index (χ1n) is 7.93. The summed E-state index contributed by atoms with van der Waals surface area (Å²) in [4.78, 5) is 26.6. The molecule has 2 aromatic carbocycles. The molecule has 3 rings (SSSR count). The van der Waals surface area contributed by atoms with Gasteiger partial charge in [0.1, 0.15) is 18.1 Å². The zero-order valence-electron chi connectivity index (χ0n) is 14.0. The van der Waals surface area contributed by atoms with E-state index < -0.39 is 11.8 Å². The van der Waals surface area contributed by atoms with Crippen molar-refractivity contribution >= 4 is 35.0 Å². The molecule has 0 saturated carbocycles. The lowest BCUT2D eigenvalue weighted by molar-refractivity contribution is 0.0844. The number of hydrogen-bond acceptors (Lipinski definition) is 3. The van der Waals surface area contributed by atoms with Gasteiger partial charge in [0.25, 0.3) is 11.8 Å². The van der Waals surface area contributed by atoms with E-state index in [0.717, 1.165) is 5.56 Å². The highest BCUT2D eigenvalue weighted by Crippen LogP contribution is 2.17. The molecule has 0 unspecified atom stereocenters. The Kier molecular flexibility index (Phi) is 6.01. The molecule has 0 bridgehead atoms. The predicted molar refractivity (Wildman–Crippen MR) is 103 cm³/mol. The molecule has 1 heterocycles. The van der Waals surface area contributed by atoms with Crippen LogP contribution in [0.25, 0.3) is 0 Å². The lowest BCUT2D eigenvalue weighted by atomic mass is 10.1. The molecule has 2 amide bonds. The summed E-state index contributed by atoms with van der Waals surface area (Å²) in [5.41, 5.74) is 6.19. The Bertz CT molecular complexity index is 938. The summed E-state index contributed by atoms with van der Waals surface area (Å²) in [7, 11) is 0. The molecule has 0 fully saturated rings. The molecule has 1 aromatic heterocycles. The molecule has 0 radical (unpaired) electrons. The van der Waals surface area contributed by atoms with Crippen LogP contribution in [0.4, 0.5) is 0 Å². The van der Waals surface area contributed by atoms with Crippen LogP contribution in [-0.4, -0.2) is 16.8 Å². The second-order valence-electron chi connectivity index (χ2n) is 5.58. The van der Waals surface area contributed by atoms with E-state index in [1.807, 2.05) is 0 Å². The summed E-state index contributed by atoms with van der Waals surface area (Å²) in [5.74, 6) is -0.234. The minimum atomic E-state index is -0.497. The highest BCUT2D eigenvalue weighted by molar-refractivity contribution is 6.31. The van der Waals surface area contributed by atoms with Crippen LogP contribution in [0.5, 0.6) is 5.75 Å². The van der Waals surface area contributed by atoms with Gasteiger partial charge in [-0.05, 0) is 48.0 Å². The van der Waals surface area contributed by atoms with Crippen molar-refractivity contribution in [1.82, 2.24) is 15.8 Å². The van der Waals surface area contributed by atoms with Gasteiger partial charge in [-0.1, -0.05) is 35.3 Å². The summed E-state index contributed by atoms with van der Waals surface area (Å²) in [6.07, 6.45) is 1.48. The van der Waals surface area contributed by atoms with Crippen LogP contribution in [0.1, 0.15) is 26.4 Å². The molecule has 138 valence electrons. The maximum absolute atomic E-state index is 12.1. The van der Waals surface area contributed by atoms with Crippen molar-refractivity contribution in [2.45, 2.75) is 6.61 Å². The van der Waals surface area contributed by atoms with E-state index >= 15 is 0 Å². The Labute approximate surface area is 165 Å². The number of carbonyl (C=O) groups excluding carboxylic acids is 2. The first-order chi connectivity index (χ1) is 13.0. The van der Waals surface area contributed by atoms with Gasteiger partial charge in [0.15, 0.2) is 0 Å². The number of aromatic nitrogens is 1. The minimum absolute atomic E-state index is 0.245. The molecule has 8 heteroatoms. The molecular weight excluding hydrogens is 389 g/mol. The van der Waals surface area contributed by atoms with E-state index in [-0.39, 0.29) is 5.69 Å². The van der Waals surface area contributed by atoms with Crippen LogP contribution in [0, 0.1) is 0 Å². The van der Waals surface area contributed by atoms with Gasteiger partial charge in [-0.25, -0.2) is 0 Å². The molecule has 3 aromatic rings. The fraction of sp³-hybridized carbons (Fsp3) is 0.0526. The molecular formula is C19H15Cl2N3O3. The van der Waals surface area contributed by atoms with Crippen LogP contribution in [0.2, 0.25) is 10.0 Å². The van der Waals surface area contributed by atoms with Crippen LogP contribution in [0.3, 0.4) is 0 Å². The smallest absolute Gasteiger partial charge is 0.286 e. The Morgan fingerprint density at radius 3 is 2.19 bits per heavy atom. The van der Waals surface area contributed by atoms with Crippen LogP contribution < -0.4 is 15.6 Å². The monoisotopic (exact) mass is 403 g/mol. The topological polar surface area (TPSA) is 83.2 Å². The largest absolute Gasteiger partial charge is 0.489 e. The Balaban J connectivity index is 1.50. The molecule has 0 spiro atoms. The molecule has 3 N–H and O–H groups in total. The van der Waals surface area contributed by atoms with Crippen molar-refractivity contribution < 1.29 is 14.3 Å². The van der Waals surface area contributed by atoms with Crippen molar-refractivity contribution in [3.63, 3.8) is 0 Å². The zero-order chi connectivity index (χ0) is 19.2. The number of aromatic amines is 1.